The number of anilines is 1. The first-order chi connectivity index (χ1) is 11.4. The lowest BCUT2D eigenvalue weighted by atomic mass is 10.1. The molecule has 0 bridgehead atoms. The smallest absolute Gasteiger partial charge is 0.335 e. The molecule has 0 saturated carbocycles. The summed E-state index contributed by atoms with van der Waals surface area (Å²) in [7, 11) is 2.03. The number of carbonyl (C=O) groups excluding carboxylic acids is 2. The SMILES string of the molecule is Cc1ccc(C(=O)O)cc1N1C(=O)C[C@@H](N2CCN(C)CC2)C1=O. The van der Waals surface area contributed by atoms with Gasteiger partial charge < -0.3 is 10.0 Å². The molecule has 7 nitrogen and oxygen atoms in total. The van der Waals surface area contributed by atoms with Crippen LogP contribution in [-0.2, 0) is 9.59 Å². The summed E-state index contributed by atoms with van der Waals surface area (Å²) in [4.78, 5) is 41.9. The first-order valence-electron chi connectivity index (χ1n) is 8.02. The van der Waals surface area contributed by atoms with Crippen molar-refractivity contribution < 1.29 is 19.5 Å². The number of aryl methyl sites for hydroxylation is 1. The summed E-state index contributed by atoms with van der Waals surface area (Å²) in [5.41, 5.74) is 1.15. The molecule has 7 heteroatoms. The minimum Gasteiger partial charge on any atom is -0.478 e. The first-order valence-corrected chi connectivity index (χ1v) is 8.02. The molecule has 1 N–H and O–H groups in total. The molecule has 1 atom stereocenters. The molecule has 128 valence electrons. The number of hydrogen-bond acceptors (Lipinski definition) is 5. The van der Waals surface area contributed by atoms with Crippen molar-refractivity contribution in [2.24, 2.45) is 0 Å². The maximum atomic E-state index is 12.8. The van der Waals surface area contributed by atoms with E-state index >= 15 is 0 Å². The fourth-order valence-electron chi connectivity index (χ4n) is 3.27. The third-order valence-electron chi connectivity index (χ3n) is 4.80. The molecule has 1 aromatic rings. The number of nitrogens with zero attached hydrogens (tertiary/aromatic N) is 3. The molecular formula is C17H21N3O4. The average Bonchev–Trinajstić information content (AvgIpc) is 2.83. The highest BCUT2D eigenvalue weighted by Gasteiger charge is 2.43. The molecule has 0 radical (unpaired) electrons. The number of carbonyl (C=O) groups is 3. The van der Waals surface area contributed by atoms with E-state index in [9.17, 15) is 14.4 Å². The minimum atomic E-state index is -1.08. The van der Waals surface area contributed by atoms with E-state index in [0.717, 1.165) is 31.1 Å². The number of amides is 2. The zero-order valence-electron chi connectivity index (χ0n) is 13.9. The summed E-state index contributed by atoms with van der Waals surface area (Å²) in [6, 6.07) is 4.06. The van der Waals surface area contributed by atoms with Crippen LogP contribution in [-0.4, -0.2) is 72.0 Å². The number of carboxylic acids is 1. The monoisotopic (exact) mass is 331 g/mol. The van der Waals surface area contributed by atoms with Gasteiger partial charge in [0, 0.05) is 26.2 Å². The van der Waals surface area contributed by atoms with Crippen LogP contribution in [0.3, 0.4) is 0 Å². The maximum absolute atomic E-state index is 12.8. The van der Waals surface area contributed by atoms with E-state index in [4.69, 9.17) is 5.11 Å². The highest BCUT2D eigenvalue weighted by molar-refractivity contribution is 6.23. The van der Waals surface area contributed by atoms with Crippen LogP contribution in [0, 0.1) is 6.92 Å². The molecule has 1 aromatic carbocycles. The van der Waals surface area contributed by atoms with Gasteiger partial charge in [0.25, 0.3) is 5.91 Å². The second-order valence-electron chi connectivity index (χ2n) is 6.43. The molecule has 0 unspecified atom stereocenters. The van der Waals surface area contributed by atoms with Crippen molar-refractivity contribution in [3.63, 3.8) is 0 Å². The number of piperazine rings is 1. The van der Waals surface area contributed by atoms with Gasteiger partial charge >= 0.3 is 5.97 Å². The Kier molecular flexibility index (Phi) is 4.38. The Morgan fingerprint density at radius 2 is 1.83 bits per heavy atom. The highest BCUT2D eigenvalue weighted by Crippen LogP contribution is 2.29. The summed E-state index contributed by atoms with van der Waals surface area (Å²) in [5.74, 6) is -1.60. The van der Waals surface area contributed by atoms with Gasteiger partial charge in [-0.15, -0.1) is 0 Å². The van der Waals surface area contributed by atoms with Crippen LogP contribution in [0.25, 0.3) is 0 Å². The second kappa shape index (κ2) is 6.33. The average molecular weight is 331 g/mol. The Bertz CT molecular complexity index is 695. The van der Waals surface area contributed by atoms with Crippen molar-refractivity contribution in [1.29, 1.82) is 0 Å². The number of rotatable bonds is 3. The molecule has 24 heavy (non-hydrogen) atoms. The quantitative estimate of drug-likeness (QED) is 0.816. The van der Waals surface area contributed by atoms with Crippen molar-refractivity contribution in [1.82, 2.24) is 9.80 Å². The first kappa shape index (κ1) is 16.6. The largest absolute Gasteiger partial charge is 0.478 e. The Morgan fingerprint density at radius 3 is 2.46 bits per heavy atom. The van der Waals surface area contributed by atoms with Crippen LogP contribution in [0.2, 0.25) is 0 Å². The summed E-state index contributed by atoms with van der Waals surface area (Å²) in [6.45, 7) is 5.01. The van der Waals surface area contributed by atoms with Gasteiger partial charge in [0.2, 0.25) is 5.91 Å². The predicted octanol–water partition coefficient (Wildman–Crippen LogP) is 0.573. The van der Waals surface area contributed by atoms with Crippen molar-refractivity contribution in [2.75, 3.05) is 38.1 Å². The van der Waals surface area contributed by atoms with E-state index in [0.29, 0.717) is 11.3 Å². The summed E-state index contributed by atoms with van der Waals surface area (Å²) < 4.78 is 0. The Balaban J connectivity index is 1.87. The molecule has 0 spiro atoms. The van der Waals surface area contributed by atoms with E-state index in [2.05, 4.69) is 9.80 Å². The molecule has 2 amide bonds. The Morgan fingerprint density at radius 1 is 1.17 bits per heavy atom. The van der Waals surface area contributed by atoms with Crippen molar-refractivity contribution >= 4 is 23.5 Å². The molecular weight excluding hydrogens is 310 g/mol. The lowest BCUT2D eigenvalue weighted by Gasteiger charge is -2.35. The summed E-state index contributed by atoms with van der Waals surface area (Å²) in [5, 5.41) is 9.15. The number of imide groups is 1. The molecule has 3 rings (SSSR count). The summed E-state index contributed by atoms with van der Waals surface area (Å²) >= 11 is 0. The van der Waals surface area contributed by atoms with E-state index < -0.39 is 12.0 Å². The molecule has 2 fully saturated rings. The predicted molar refractivity (Wildman–Crippen MR) is 88.1 cm³/mol. The fourth-order valence-corrected chi connectivity index (χ4v) is 3.27. The molecule has 2 saturated heterocycles. The van der Waals surface area contributed by atoms with Crippen LogP contribution < -0.4 is 4.90 Å². The van der Waals surface area contributed by atoms with Crippen molar-refractivity contribution in [3.05, 3.63) is 29.3 Å². The Labute approximate surface area is 140 Å². The van der Waals surface area contributed by atoms with E-state index in [-0.39, 0.29) is 23.8 Å². The van der Waals surface area contributed by atoms with Gasteiger partial charge in [-0.1, -0.05) is 6.07 Å². The summed E-state index contributed by atoms with van der Waals surface area (Å²) in [6.07, 6.45) is 0.152. The number of benzene rings is 1. The van der Waals surface area contributed by atoms with Gasteiger partial charge in [-0.3, -0.25) is 14.5 Å². The van der Waals surface area contributed by atoms with E-state index in [1.54, 1.807) is 13.0 Å². The number of likely N-dealkylation sites (N-methyl/N-ethyl adjacent to an activating group) is 1. The lowest BCUT2D eigenvalue weighted by Crippen LogP contribution is -2.51. The van der Waals surface area contributed by atoms with Gasteiger partial charge in [0.1, 0.15) is 0 Å². The van der Waals surface area contributed by atoms with Crippen LogP contribution >= 0.6 is 0 Å². The molecule has 0 aliphatic carbocycles. The topological polar surface area (TPSA) is 81.2 Å². The van der Waals surface area contributed by atoms with Crippen LogP contribution in [0.1, 0.15) is 22.3 Å². The number of hydrogen-bond donors (Lipinski definition) is 1. The number of aromatic carboxylic acids is 1. The molecule has 2 heterocycles. The molecule has 2 aliphatic heterocycles. The fraction of sp³-hybridized carbons (Fsp3) is 0.471. The van der Waals surface area contributed by atoms with Gasteiger partial charge in [0.05, 0.1) is 23.7 Å². The Hall–Kier alpha value is -2.25. The lowest BCUT2D eigenvalue weighted by molar-refractivity contribution is -0.123. The van der Waals surface area contributed by atoms with Crippen LogP contribution in [0.4, 0.5) is 5.69 Å². The minimum absolute atomic E-state index is 0.0687. The van der Waals surface area contributed by atoms with E-state index in [1.807, 2.05) is 7.05 Å². The van der Waals surface area contributed by atoms with Crippen LogP contribution in [0.5, 0.6) is 0 Å². The maximum Gasteiger partial charge on any atom is 0.335 e. The van der Waals surface area contributed by atoms with Gasteiger partial charge in [-0.05, 0) is 31.7 Å². The molecule has 2 aliphatic rings. The third-order valence-corrected chi connectivity index (χ3v) is 4.80. The van der Waals surface area contributed by atoms with Crippen molar-refractivity contribution in [2.45, 2.75) is 19.4 Å². The number of carboxylic acid groups (broad SMARTS) is 1. The van der Waals surface area contributed by atoms with Gasteiger partial charge in [-0.2, -0.15) is 0 Å². The molecule has 0 aromatic heterocycles. The zero-order chi connectivity index (χ0) is 17.4. The van der Waals surface area contributed by atoms with Crippen LogP contribution in [0.15, 0.2) is 18.2 Å². The van der Waals surface area contributed by atoms with Crippen molar-refractivity contribution in [3.8, 4) is 0 Å². The third kappa shape index (κ3) is 2.92. The highest BCUT2D eigenvalue weighted by atomic mass is 16.4. The zero-order valence-corrected chi connectivity index (χ0v) is 13.9. The normalized spacial score (nSPS) is 23.1. The second-order valence-corrected chi connectivity index (χ2v) is 6.43. The standard InChI is InChI=1S/C17H21N3O4/c1-11-3-4-12(17(23)24)9-13(11)20-15(21)10-14(16(20)22)19-7-5-18(2)6-8-19/h3-4,9,14H,5-8,10H2,1-2H3,(H,23,24)/t14-/m1/s1. The van der Waals surface area contributed by atoms with Gasteiger partial charge in [0.15, 0.2) is 0 Å². The van der Waals surface area contributed by atoms with E-state index in [1.165, 1.54) is 12.1 Å². The van der Waals surface area contributed by atoms with Gasteiger partial charge in [-0.25, -0.2) is 9.69 Å².